The summed E-state index contributed by atoms with van der Waals surface area (Å²) in [7, 11) is 1.62. The highest BCUT2D eigenvalue weighted by atomic mass is 35.5. The predicted molar refractivity (Wildman–Crippen MR) is 109 cm³/mol. The maximum absolute atomic E-state index is 13.1. The van der Waals surface area contributed by atoms with Gasteiger partial charge >= 0.3 is 0 Å². The van der Waals surface area contributed by atoms with Gasteiger partial charge in [0.05, 0.1) is 30.4 Å². The second kappa shape index (κ2) is 9.35. The van der Waals surface area contributed by atoms with Crippen LogP contribution in [0.5, 0.6) is 5.75 Å². The number of anilines is 1. The minimum atomic E-state index is -0.454. The summed E-state index contributed by atoms with van der Waals surface area (Å²) >= 11 is 5.97. The van der Waals surface area contributed by atoms with E-state index in [4.69, 9.17) is 16.3 Å². The lowest BCUT2D eigenvalue weighted by atomic mass is 9.98. The number of rotatable bonds is 7. The molecule has 1 atom stereocenters. The molecular formula is C22H20ClFN2O2. The number of carbonyl (C=O) groups excluding carboxylic acids is 1. The lowest BCUT2D eigenvalue weighted by Gasteiger charge is -2.20. The van der Waals surface area contributed by atoms with Gasteiger partial charge in [0.15, 0.2) is 0 Å². The number of amides is 1. The zero-order valence-electron chi connectivity index (χ0n) is 15.3. The van der Waals surface area contributed by atoms with Gasteiger partial charge in [-0.25, -0.2) is 4.39 Å². The van der Waals surface area contributed by atoms with E-state index in [-0.39, 0.29) is 23.5 Å². The fourth-order valence-electron chi connectivity index (χ4n) is 2.85. The molecular weight excluding hydrogens is 379 g/mol. The second-order valence-electron chi connectivity index (χ2n) is 6.17. The van der Waals surface area contributed by atoms with Gasteiger partial charge in [-0.05, 0) is 41.5 Å². The third-order valence-corrected chi connectivity index (χ3v) is 4.57. The molecule has 0 radical (unpaired) electrons. The summed E-state index contributed by atoms with van der Waals surface area (Å²) in [5, 5.41) is 6.12. The number of benzene rings is 3. The summed E-state index contributed by atoms with van der Waals surface area (Å²) in [5.41, 5.74) is 2.40. The first-order valence-corrected chi connectivity index (χ1v) is 9.12. The number of ether oxygens (including phenoxy) is 1. The first-order chi connectivity index (χ1) is 13.6. The van der Waals surface area contributed by atoms with E-state index in [9.17, 15) is 9.18 Å². The van der Waals surface area contributed by atoms with E-state index in [2.05, 4.69) is 10.6 Å². The molecule has 0 aliphatic rings. The summed E-state index contributed by atoms with van der Waals surface area (Å²) < 4.78 is 18.4. The van der Waals surface area contributed by atoms with Gasteiger partial charge in [0.2, 0.25) is 5.91 Å². The Morgan fingerprint density at radius 1 is 1.04 bits per heavy atom. The van der Waals surface area contributed by atoms with Gasteiger partial charge < -0.3 is 10.1 Å². The van der Waals surface area contributed by atoms with E-state index in [1.54, 1.807) is 7.11 Å². The molecule has 28 heavy (non-hydrogen) atoms. The maximum Gasteiger partial charge on any atom is 0.238 e. The average molecular weight is 399 g/mol. The molecule has 2 N–H and O–H groups in total. The van der Waals surface area contributed by atoms with Gasteiger partial charge in [-0.15, -0.1) is 0 Å². The second-order valence-corrected chi connectivity index (χ2v) is 6.58. The summed E-state index contributed by atoms with van der Waals surface area (Å²) in [6, 6.07) is 21.2. The average Bonchev–Trinajstić information content (AvgIpc) is 2.71. The van der Waals surface area contributed by atoms with Gasteiger partial charge in [0.1, 0.15) is 11.6 Å². The molecule has 4 nitrogen and oxygen atoms in total. The van der Waals surface area contributed by atoms with Crippen molar-refractivity contribution in [1.82, 2.24) is 5.32 Å². The Kier molecular flexibility index (Phi) is 6.63. The van der Waals surface area contributed by atoms with Crippen LogP contribution in [-0.2, 0) is 4.79 Å². The standard InChI is InChI=1S/C22H20ClFN2O2/c1-28-18-10-7-16(8-11-18)22(15-5-3-2-4-6-15)25-14-21(27)26-20-12-9-17(24)13-19(20)23/h2-13,22,25H,14H2,1H3,(H,26,27)/t22-/m0/s1. The van der Waals surface area contributed by atoms with Crippen LogP contribution in [0.25, 0.3) is 0 Å². The van der Waals surface area contributed by atoms with Gasteiger partial charge in [0, 0.05) is 0 Å². The molecule has 0 heterocycles. The van der Waals surface area contributed by atoms with E-state index in [1.807, 2.05) is 54.6 Å². The van der Waals surface area contributed by atoms with Crippen LogP contribution >= 0.6 is 11.6 Å². The molecule has 0 fully saturated rings. The van der Waals surface area contributed by atoms with Crippen molar-refractivity contribution in [3.05, 3.63) is 94.8 Å². The van der Waals surface area contributed by atoms with Crippen LogP contribution in [0.3, 0.4) is 0 Å². The summed E-state index contributed by atoms with van der Waals surface area (Å²) in [6.07, 6.45) is 0. The van der Waals surface area contributed by atoms with Crippen molar-refractivity contribution < 1.29 is 13.9 Å². The summed E-state index contributed by atoms with van der Waals surface area (Å²) in [4.78, 5) is 12.4. The third kappa shape index (κ3) is 5.09. The summed E-state index contributed by atoms with van der Waals surface area (Å²) in [6.45, 7) is 0.0549. The molecule has 0 bridgehead atoms. The molecule has 0 saturated carbocycles. The van der Waals surface area contributed by atoms with Gasteiger partial charge in [-0.2, -0.15) is 0 Å². The molecule has 0 unspecified atom stereocenters. The van der Waals surface area contributed by atoms with Crippen molar-refractivity contribution in [3.63, 3.8) is 0 Å². The molecule has 0 aliphatic heterocycles. The Balaban J connectivity index is 1.73. The number of hydrogen-bond donors (Lipinski definition) is 2. The quantitative estimate of drug-likeness (QED) is 0.600. The van der Waals surface area contributed by atoms with E-state index in [0.717, 1.165) is 22.9 Å². The highest BCUT2D eigenvalue weighted by Crippen LogP contribution is 2.25. The Morgan fingerprint density at radius 3 is 2.36 bits per heavy atom. The molecule has 0 aromatic heterocycles. The molecule has 6 heteroatoms. The van der Waals surface area contributed by atoms with Crippen molar-refractivity contribution in [2.45, 2.75) is 6.04 Å². The maximum atomic E-state index is 13.1. The number of halogens is 2. The number of nitrogens with one attached hydrogen (secondary N) is 2. The first-order valence-electron chi connectivity index (χ1n) is 8.74. The minimum Gasteiger partial charge on any atom is -0.497 e. The highest BCUT2D eigenvalue weighted by Gasteiger charge is 2.16. The van der Waals surface area contributed by atoms with Crippen LogP contribution < -0.4 is 15.4 Å². The van der Waals surface area contributed by atoms with E-state index in [1.165, 1.54) is 12.1 Å². The Morgan fingerprint density at radius 2 is 1.71 bits per heavy atom. The fourth-order valence-corrected chi connectivity index (χ4v) is 3.06. The van der Waals surface area contributed by atoms with E-state index >= 15 is 0 Å². The lowest BCUT2D eigenvalue weighted by molar-refractivity contribution is -0.115. The largest absolute Gasteiger partial charge is 0.497 e. The molecule has 1 amide bonds. The number of hydrogen-bond acceptors (Lipinski definition) is 3. The first kappa shape index (κ1) is 19.9. The molecule has 0 spiro atoms. The monoisotopic (exact) mass is 398 g/mol. The number of carbonyl (C=O) groups is 1. The van der Waals surface area contributed by atoms with Crippen LogP contribution in [0.15, 0.2) is 72.8 Å². The molecule has 0 saturated heterocycles. The lowest BCUT2D eigenvalue weighted by Crippen LogP contribution is -2.32. The van der Waals surface area contributed by atoms with Gasteiger partial charge in [-0.1, -0.05) is 54.1 Å². The van der Waals surface area contributed by atoms with Crippen LogP contribution in [0.1, 0.15) is 17.2 Å². The Hall–Kier alpha value is -2.89. The Bertz CT molecular complexity index is 933. The molecule has 3 rings (SSSR count). The molecule has 0 aliphatic carbocycles. The van der Waals surface area contributed by atoms with Gasteiger partial charge in [0.25, 0.3) is 0 Å². The highest BCUT2D eigenvalue weighted by molar-refractivity contribution is 6.33. The summed E-state index contributed by atoms with van der Waals surface area (Å²) in [5.74, 6) is 0.0342. The third-order valence-electron chi connectivity index (χ3n) is 4.25. The van der Waals surface area contributed by atoms with Crippen molar-refractivity contribution in [1.29, 1.82) is 0 Å². The number of methoxy groups -OCH3 is 1. The van der Waals surface area contributed by atoms with Crippen LogP contribution in [0.2, 0.25) is 5.02 Å². The smallest absolute Gasteiger partial charge is 0.238 e. The van der Waals surface area contributed by atoms with E-state index in [0.29, 0.717) is 5.69 Å². The van der Waals surface area contributed by atoms with Crippen molar-refractivity contribution in [3.8, 4) is 5.75 Å². The van der Waals surface area contributed by atoms with Crippen LogP contribution in [0.4, 0.5) is 10.1 Å². The fraction of sp³-hybridized carbons (Fsp3) is 0.136. The Labute approximate surface area is 168 Å². The predicted octanol–water partition coefficient (Wildman–Crippen LogP) is 4.81. The molecule has 3 aromatic rings. The molecule has 3 aromatic carbocycles. The topological polar surface area (TPSA) is 50.4 Å². The van der Waals surface area contributed by atoms with Crippen molar-refractivity contribution in [2.24, 2.45) is 0 Å². The van der Waals surface area contributed by atoms with Crippen molar-refractivity contribution in [2.75, 3.05) is 19.0 Å². The zero-order valence-corrected chi connectivity index (χ0v) is 16.0. The minimum absolute atomic E-state index is 0.0549. The van der Waals surface area contributed by atoms with Crippen LogP contribution in [0, 0.1) is 5.82 Å². The van der Waals surface area contributed by atoms with Crippen LogP contribution in [-0.4, -0.2) is 19.6 Å². The SMILES string of the molecule is COc1ccc([C@@H](NCC(=O)Nc2ccc(F)cc2Cl)c2ccccc2)cc1. The van der Waals surface area contributed by atoms with E-state index < -0.39 is 5.82 Å². The van der Waals surface area contributed by atoms with Gasteiger partial charge in [-0.3, -0.25) is 10.1 Å². The zero-order chi connectivity index (χ0) is 19.9. The normalized spacial score (nSPS) is 11.7. The van der Waals surface area contributed by atoms with Crippen molar-refractivity contribution >= 4 is 23.2 Å². The molecule has 144 valence electrons.